The molecule has 0 amide bonds. The lowest BCUT2D eigenvalue weighted by molar-refractivity contribution is -0.0498. The molecule has 0 aliphatic carbocycles. The second-order valence-corrected chi connectivity index (χ2v) is 6.94. The first kappa shape index (κ1) is 15.3. The van der Waals surface area contributed by atoms with Crippen molar-refractivity contribution in [2.45, 2.75) is 17.5 Å². The van der Waals surface area contributed by atoms with Crippen molar-refractivity contribution in [1.82, 2.24) is 14.6 Å². The Morgan fingerprint density at radius 3 is 2.88 bits per heavy atom. The van der Waals surface area contributed by atoms with E-state index in [1.54, 1.807) is 23.5 Å². The average Bonchev–Trinajstić information content (AvgIpc) is 3.12. The molecule has 4 aromatic rings. The summed E-state index contributed by atoms with van der Waals surface area (Å²) in [6, 6.07) is 14.8. The second-order valence-electron chi connectivity index (χ2n) is 4.98. The third-order valence-corrected chi connectivity index (χ3v) is 5.41. The quantitative estimate of drug-likeness (QED) is 0.476. The SMILES string of the molecule is FC(F)Oc1cccc(CSc2nnc3sc4ccccc4n23)c1. The molecule has 8 heteroatoms. The predicted molar refractivity (Wildman–Crippen MR) is 91.0 cm³/mol. The lowest BCUT2D eigenvalue weighted by atomic mass is 10.2. The van der Waals surface area contributed by atoms with Crippen LogP contribution in [-0.4, -0.2) is 21.2 Å². The van der Waals surface area contributed by atoms with Gasteiger partial charge in [-0.2, -0.15) is 8.78 Å². The number of benzene rings is 2. The van der Waals surface area contributed by atoms with Crippen molar-refractivity contribution in [2.24, 2.45) is 0 Å². The standard InChI is InChI=1S/C16H11F2N3OS2/c17-14(18)22-11-5-3-4-10(8-11)9-23-15-19-20-16-21(15)12-6-1-2-7-13(12)24-16/h1-8,14H,9H2. The van der Waals surface area contributed by atoms with Crippen molar-refractivity contribution in [3.05, 3.63) is 54.1 Å². The van der Waals surface area contributed by atoms with Gasteiger partial charge >= 0.3 is 6.61 Å². The summed E-state index contributed by atoms with van der Waals surface area (Å²) in [5.74, 6) is 0.751. The maximum atomic E-state index is 12.3. The Hall–Kier alpha value is -2.19. The van der Waals surface area contributed by atoms with E-state index in [1.165, 1.54) is 17.8 Å². The molecule has 2 heterocycles. The Morgan fingerprint density at radius 1 is 1.12 bits per heavy atom. The van der Waals surface area contributed by atoms with Gasteiger partial charge in [0.15, 0.2) is 5.16 Å². The summed E-state index contributed by atoms with van der Waals surface area (Å²) in [6.07, 6.45) is 0. The van der Waals surface area contributed by atoms with E-state index in [2.05, 4.69) is 14.9 Å². The van der Waals surface area contributed by atoms with Crippen LogP contribution in [0, 0.1) is 0 Å². The first-order valence-electron chi connectivity index (χ1n) is 7.10. The summed E-state index contributed by atoms with van der Waals surface area (Å²) >= 11 is 3.10. The minimum Gasteiger partial charge on any atom is -0.435 e. The predicted octanol–water partition coefficient (Wildman–Crippen LogP) is 4.84. The first-order chi connectivity index (χ1) is 11.7. The molecule has 122 valence electrons. The summed E-state index contributed by atoms with van der Waals surface area (Å²) < 4.78 is 32.2. The number of alkyl halides is 2. The second kappa shape index (κ2) is 6.37. The Balaban J connectivity index is 1.59. The topological polar surface area (TPSA) is 39.4 Å². The highest BCUT2D eigenvalue weighted by molar-refractivity contribution is 7.98. The van der Waals surface area contributed by atoms with Gasteiger partial charge in [-0.15, -0.1) is 10.2 Å². The van der Waals surface area contributed by atoms with Gasteiger partial charge in [-0.25, -0.2) is 0 Å². The van der Waals surface area contributed by atoms with E-state index >= 15 is 0 Å². The van der Waals surface area contributed by atoms with Gasteiger partial charge in [-0.3, -0.25) is 4.40 Å². The first-order valence-corrected chi connectivity index (χ1v) is 8.90. The molecule has 0 saturated heterocycles. The van der Waals surface area contributed by atoms with E-state index in [-0.39, 0.29) is 5.75 Å². The summed E-state index contributed by atoms with van der Waals surface area (Å²) in [5, 5.41) is 9.22. The van der Waals surface area contributed by atoms with Gasteiger partial charge in [-0.05, 0) is 29.8 Å². The molecule has 0 bridgehead atoms. The maximum Gasteiger partial charge on any atom is 0.387 e. The fraction of sp³-hybridized carbons (Fsp3) is 0.125. The highest BCUT2D eigenvalue weighted by atomic mass is 32.2. The van der Waals surface area contributed by atoms with E-state index < -0.39 is 6.61 Å². The van der Waals surface area contributed by atoms with E-state index in [1.807, 2.05) is 34.7 Å². The number of hydrogen-bond acceptors (Lipinski definition) is 5. The molecule has 0 unspecified atom stereocenters. The van der Waals surface area contributed by atoms with Crippen molar-refractivity contribution < 1.29 is 13.5 Å². The number of para-hydroxylation sites is 1. The van der Waals surface area contributed by atoms with Crippen molar-refractivity contribution in [2.75, 3.05) is 0 Å². The van der Waals surface area contributed by atoms with E-state index in [9.17, 15) is 8.78 Å². The minimum atomic E-state index is -2.82. The highest BCUT2D eigenvalue weighted by Gasteiger charge is 2.13. The number of nitrogens with zero attached hydrogens (tertiary/aromatic N) is 3. The van der Waals surface area contributed by atoms with Crippen molar-refractivity contribution in [3.8, 4) is 5.75 Å². The van der Waals surface area contributed by atoms with Crippen LogP contribution in [0.4, 0.5) is 8.78 Å². The molecule has 0 spiro atoms. The average molecular weight is 363 g/mol. The number of hydrogen-bond donors (Lipinski definition) is 0. The van der Waals surface area contributed by atoms with E-state index in [0.29, 0.717) is 5.75 Å². The monoisotopic (exact) mass is 363 g/mol. The maximum absolute atomic E-state index is 12.3. The summed E-state index contributed by atoms with van der Waals surface area (Å²) in [4.78, 5) is 0.841. The van der Waals surface area contributed by atoms with Crippen molar-refractivity contribution in [1.29, 1.82) is 0 Å². The molecular weight excluding hydrogens is 352 g/mol. The van der Waals surface area contributed by atoms with Crippen molar-refractivity contribution >= 4 is 38.3 Å². The molecule has 2 aromatic carbocycles. The van der Waals surface area contributed by atoms with Crippen LogP contribution in [0.1, 0.15) is 5.56 Å². The molecule has 4 rings (SSSR count). The Kier molecular flexibility index (Phi) is 4.07. The molecule has 0 atom stereocenters. The fourth-order valence-corrected chi connectivity index (χ4v) is 4.32. The van der Waals surface area contributed by atoms with Gasteiger partial charge in [0.05, 0.1) is 10.2 Å². The van der Waals surface area contributed by atoms with Crippen LogP contribution in [0.15, 0.2) is 53.7 Å². The molecule has 2 aromatic heterocycles. The summed E-state index contributed by atoms with van der Waals surface area (Å²) in [7, 11) is 0. The van der Waals surface area contributed by atoms with Gasteiger partial charge in [0, 0.05) is 5.75 Å². The fourth-order valence-electron chi connectivity index (χ4n) is 2.41. The van der Waals surface area contributed by atoms with Crippen LogP contribution in [-0.2, 0) is 5.75 Å². The number of aromatic nitrogens is 3. The Labute approximate surface area is 144 Å². The lowest BCUT2D eigenvalue weighted by Gasteiger charge is -2.06. The van der Waals surface area contributed by atoms with Crippen LogP contribution in [0.3, 0.4) is 0 Å². The number of thioether (sulfide) groups is 1. The van der Waals surface area contributed by atoms with E-state index in [0.717, 1.165) is 25.9 Å². The van der Waals surface area contributed by atoms with Crippen LogP contribution in [0.25, 0.3) is 15.2 Å². The number of ether oxygens (including phenoxy) is 1. The molecule has 4 nitrogen and oxygen atoms in total. The zero-order chi connectivity index (χ0) is 16.5. The van der Waals surface area contributed by atoms with Crippen LogP contribution in [0.2, 0.25) is 0 Å². The zero-order valence-electron chi connectivity index (χ0n) is 12.2. The summed E-state index contributed by atoms with van der Waals surface area (Å²) in [6.45, 7) is -2.82. The third-order valence-electron chi connectivity index (χ3n) is 3.40. The van der Waals surface area contributed by atoms with E-state index in [4.69, 9.17) is 0 Å². The molecule has 0 radical (unpaired) electrons. The normalized spacial score (nSPS) is 11.6. The number of thiazole rings is 1. The van der Waals surface area contributed by atoms with Gasteiger partial charge in [-0.1, -0.05) is 47.4 Å². The van der Waals surface area contributed by atoms with Crippen molar-refractivity contribution in [3.63, 3.8) is 0 Å². The number of fused-ring (bicyclic) bond motifs is 3. The van der Waals surface area contributed by atoms with Gasteiger partial charge < -0.3 is 4.74 Å². The molecule has 0 aliphatic heterocycles. The van der Waals surface area contributed by atoms with Crippen LogP contribution < -0.4 is 4.74 Å². The van der Waals surface area contributed by atoms with Gasteiger partial charge in [0.2, 0.25) is 4.96 Å². The minimum absolute atomic E-state index is 0.162. The number of halogens is 2. The lowest BCUT2D eigenvalue weighted by Crippen LogP contribution is -2.01. The zero-order valence-corrected chi connectivity index (χ0v) is 13.9. The van der Waals surface area contributed by atoms with Gasteiger partial charge in [0.1, 0.15) is 5.75 Å². The number of rotatable bonds is 5. The smallest absolute Gasteiger partial charge is 0.387 e. The molecule has 0 saturated carbocycles. The molecule has 0 fully saturated rings. The Morgan fingerprint density at radius 2 is 2.00 bits per heavy atom. The molecular formula is C16H11F2N3OS2. The van der Waals surface area contributed by atoms with Crippen LogP contribution >= 0.6 is 23.1 Å². The Bertz CT molecular complexity index is 999. The largest absolute Gasteiger partial charge is 0.435 e. The highest BCUT2D eigenvalue weighted by Crippen LogP contribution is 2.31. The van der Waals surface area contributed by atoms with Crippen LogP contribution in [0.5, 0.6) is 5.75 Å². The summed E-state index contributed by atoms with van der Waals surface area (Å²) in [5.41, 5.74) is 1.95. The van der Waals surface area contributed by atoms with Gasteiger partial charge in [0.25, 0.3) is 0 Å². The molecule has 0 N–H and O–H groups in total. The molecule has 24 heavy (non-hydrogen) atoms. The molecule has 0 aliphatic rings. The third kappa shape index (κ3) is 2.94.